The van der Waals surface area contributed by atoms with E-state index in [9.17, 15) is 28.8 Å². The minimum atomic E-state index is -0.310. The number of amides is 2. The highest BCUT2D eigenvalue weighted by atomic mass is 35.5. The Bertz CT molecular complexity index is 6480. The minimum Gasteiger partial charge on any atom is -0.383 e. The predicted molar refractivity (Wildman–Crippen MR) is 488 cm³/mol. The molecule has 0 bridgehead atoms. The molecular formula is C96H80Cl4N16O6. The number of pyridine rings is 4. The molecule has 608 valence electrons. The van der Waals surface area contributed by atoms with E-state index in [1.165, 1.54) is 4.90 Å². The standard InChI is InChI=1S/C29H20ClN3O3.C24H22ClN5O.C22H20ClN5O.C21H18ClN3O/c30-21-13-12-20-17-32-27(31)22(25(20)16-21)14-9-18-7-10-19(11-8-18)26(34)6-3-15-33-28(35)23-4-1-2-5-24(23)29(33)36;25-19-9-8-18-15-30-23(26)20(21(18)14-19)10-5-16-3-6-17(7-4-16)22(31)2-1-11-27-24-28-12-13-29-24;23-17-9-8-16-13-28-21(24)18(19(16)12-17)10-5-14-3-6-15(7-4-14)20(29)2-1-11-27-22(25)26;22-17-9-8-16-13-25-21(24)18(19(16)12-17)10-5-14-3-6-15(7-4-14)20(26)2-1-11-23/h1-2,4-5,7-8,10-13,16-17H,3,6,15H2,(H2,31,32);3-4,6-9,14-15H,1-2,11-13H2,(H2,26,30)(H2,27,28,29);3-4,6-9,12-13H,1-2,11H2,(H2,24,28)(H4,25,26,27);3-4,6-9,12-13H,1-2,11,23H2,(H2,24,25). The van der Waals surface area contributed by atoms with Crippen LogP contribution in [0.5, 0.6) is 0 Å². The van der Waals surface area contributed by atoms with Crippen LogP contribution < -0.4 is 50.8 Å². The molecule has 2 amide bonds. The molecule has 2 aliphatic rings. The molecule has 0 radical (unpaired) electrons. The summed E-state index contributed by atoms with van der Waals surface area (Å²) in [7, 11) is 0. The molecule has 6 heterocycles. The number of fused-ring (bicyclic) bond motifs is 5. The lowest BCUT2D eigenvalue weighted by molar-refractivity contribution is 0.0646. The number of hydrogen-bond donors (Lipinski definition) is 9. The Morgan fingerprint density at radius 3 is 1.05 bits per heavy atom. The van der Waals surface area contributed by atoms with Gasteiger partial charge in [0, 0.05) is 184 Å². The van der Waals surface area contributed by atoms with Gasteiger partial charge in [0.25, 0.3) is 11.8 Å². The normalized spacial score (nSPS) is 11.5. The number of nitrogens with one attached hydrogen (secondary N) is 2. The van der Waals surface area contributed by atoms with E-state index >= 15 is 0 Å². The van der Waals surface area contributed by atoms with Crippen molar-refractivity contribution in [3.05, 3.63) is 317 Å². The maximum absolute atomic E-state index is 12.7. The molecule has 16 N–H and O–H groups in total. The summed E-state index contributed by atoms with van der Waals surface area (Å²) >= 11 is 24.5. The van der Waals surface area contributed by atoms with E-state index in [0.29, 0.717) is 157 Å². The number of guanidine groups is 2. The third-order valence-corrected chi connectivity index (χ3v) is 20.3. The molecule has 22 nitrogen and oxygen atoms in total. The number of anilines is 4. The Kier molecular flexibility index (Phi) is 29.7. The number of halogens is 4. The van der Waals surface area contributed by atoms with Crippen LogP contribution in [0.4, 0.5) is 23.3 Å². The fourth-order valence-corrected chi connectivity index (χ4v) is 13.6. The summed E-state index contributed by atoms with van der Waals surface area (Å²) < 4.78 is 0. The Labute approximate surface area is 724 Å². The van der Waals surface area contributed by atoms with Crippen LogP contribution in [-0.4, -0.2) is 111 Å². The zero-order chi connectivity index (χ0) is 86.2. The number of aromatic nitrogens is 4. The first-order chi connectivity index (χ1) is 59.0. The number of Topliss-reactive ketones (excluding diaryl/α,β-unsaturated/α-hetero) is 4. The molecule has 26 heteroatoms. The van der Waals surface area contributed by atoms with Crippen molar-refractivity contribution in [2.24, 2.45) is 27.2 Å². The number of benzene rings is 9. The molecule has 9 aromatic carbocycles. The molecule has 0 spiro atoms. The summed E-state index contributed by atoms with van der Waals surface area (Å²) in [5.41, 5.74) is 49.0. The second-order valence-corrected chi connectivity index (χ2v) is 29.6. The Morgan fingerprint density at radius 2 is 0.738 bits per heavy atom. The average Bonchev–Trinajstić information content (AvgIpc) is 1.58. The van der Waals surface area contributed by atoms with E-state index in [1.807, 2.05) is 91.0 Å². The highest BCUT2D eigenvalue weighted by Gasteiger charge is 2.35. The number of carbonyl (C=O) groups is 6. The molecule has 0 saturated carbocycles. The monoisotopic (exact) mass is 1690 g/mol. The van der Waals surface area contributed by atoms with E-state index in [0.717, 1.165) is 90.8 Å². The largest absolute Gasteiger partial charge is 0.383 e. The van der Waals surface area contributed by atoms with Crippen molar-refractivity contribution in [1.82, 2.24) is 35.5 Å². The maximum atomic E-state index is 12.7. The molecule has 122 heavy (non-hydrogen) atoms. The van der Waals surface area contributed by atoms with Gasteiger partial charge < -0.3 is 50.8 Å². The summed E-state index contributed by atoms with van der Waals surface area (Å²) in [6.07, 6.45) is 10.7. The Balaban J connectivity index is 0.000000150. The second kappa shape index (κ2) is 41.8. The topological polar surface area (TPSA) is 388 Å². The molecule has 2 aliphatic heterocycles. The molecule has 15 rings (SSSR count). The molecule has 13 aromatic rings. The summed E-state index contributed by atoms with van der Waals surface area (Å²) in [5, 5.41) is 15.8. The molecule has 0 unspecified atom stereocenters. The van der Waals surface area contributed by atoms with Gasteiger partial charge in [0.2, 0.25) is 0 Å². The first-order valence-corrected chi connectivity index (χ1v) is 40.2. The van der Waals surface area contributed by atoms with Crippen molar-refractivity contribution in [2.75, 3.05) is 62.2 Å². The molecule has 0 aliphatic carbocycles. The summed E-state index contributed by atoms with van der Waals surface area (Å²) in [5.74, 6) is 26.5. The average molecular weight is 1700 g/mol. The molecule has 0 fully saturated rings. The quantitative estimate of drug-likeness (QED) is 0.00906. The zero-order valence-electron chi connectivity index (χ0n) is 65.8. The Hall–Kier alpha value is -14.5. The zero-order valence-corrected chi connectivity index (χ0v) is 68.8. The SMILES string of the molecule is NC(N)=NCCCC(=O)c1ccc(C#Cc2c(N)ncc3ccc(Cl)cc23)cc1.NCCCC(=O)c1ccc(C#Cc2c(N)ncc3ccc(Cl)cc23)cc1.Nc1ncc2ccc(Cl)cc2c1C#Cc1ccc(C(=O)CCCN2C(=O)c3ccccc3C2=O)cc1.Nc1ncc2ccc(Cl)cc2c1C#Cc1ccc(C(=O)CCCNC2=NCCN2)cc1. The van der Waals surface area contributed by atoms with Crippen molar-refractivity contribution in [2.45, 2.75) is 51.4 Å². The van der Waals surface area contributed by atoms with Crippen LogP contribution in [0.15, 0.2) is 229 Å². The van der Waals surface area contributed by atoms with Gasteiger partial charge in [0.05, 0.1) is 39.9 Å². The van der Waals surface area contributed by atoms with Crippen LogP contribution in [-0.2, 0) is 0 Å². The van der Waals surface area contributed by atoms with E-state index < -0.39 is 0 Å². The number of nitrogen functional groups attached to an aromatic ring is 4. The number of nitrogens with two attached hydrogens (primary N) is 7. The first kappa shape index (κ1) is 86.9. The van der Waals surface area contributed by atoms with E-state index in [1.54, 1.807) is 128 Å². The minimum absolute atomic E-state index is 0.0321. The third kappa shape index (κ3) is 23.1. The summed E-state index contributed by atoms with van der Waals surface area (Å²) in [6.45, 7) is 3.53. The van der Waals surface area contributed by atoms with Crippen LogP contribution in [0.25, 0.3) is 43.1 Å². The predicted octanol–water partition coefficient (Wildman–Crippen LogP) is 15.4. The lowest BCUT2D eigenvalue weighted by Gasteiger charge is -2.13. The number of carbonyl (C=O) groups excluding carboxylic acids is 6. The smallest absolute Gasteiger partial charge is 0.261 e. The van der Waals surface area contributed by atoms with Crippen molar-refractivity contribution in [1.29, 1.82) is 0 Å². The molecule has 0 saturated heterocycles. The van der Waals surface area contributed by atoms with Crippen LogP contribution in [0.2, 0.25) is 20.1 Å². The van der Waals surface area contributed by atoms with E-state index in [4.69, 9.17) is 86.5 Å². The maximum Gasteiger partial charge on any atom is 0.261 e. The number of nitrogens with zero attached hydrogens (tertiary/aromatic N) is 7. The highest BCUT2D eigenvalue weighted by molar-refractivity contribution is 6.33. The van der Waals surface area contributed by atoms with Gasteiger partial charge in [-0.1, -0.05) is 179 Å². The second-order valence-electron chi connectivity index (χ2n) is 27.9. The molecule has 0 atom stereocenters. The van der Waals surface area contributed by atoms with Crippen LogP contribution in [0.1, 0.15) is 158 Å². The number of ketones is 4. The van der Waals surface area contributed by atoms with Gasteiger partial charge in [-0.15, -0.1) is 0 Å². The van der Waals surface area contributed by atoms with Crippen molar-refractivity contribution >= 4 is 160 Å². The summed E-state index contributed by atoms with van der Waals surface area (Å²) in [4.78, 5) is 100. The third-order valence-electron chi connectivity index (χ3n) is 19.4. The summed E-state index contributed by atoms with van der Waals surface area (Å²) in [6, 6.07) is 57.4. The Morgan fingerprint density at radius 1 is 0.418 bits per heavy atom. The fourth-order valence-electron chi connectivity index (χ4n) is 12.9. The van der Waals surface area contributed by atoms with E-state index in [2.05, 4.69) is 87.9 Å². The van der Waals surface area contributed by atoms with Crippen molar-refractivity contribution < 1.29 is 28.8 Å². The lowest BCUT2D eigenvalue weighted by Crippen LogP contribution is -2.34. The van der Waals surface area contributed by atoms with Gasteiger partial charge in [-0.2, -0.15) is 0 Å². The van der Waals surface area contributed by atoms with Gasteiger partial charge >= 0.3 is 0 Å². The highest BCUT2D eigenvalue weighted by Crippen LogP contribution is 2.31. The number of imide groups is 1. The fraction of sp³-hybridized carbons (Fsp3) is 0.146. The van der Waals surface area contributed by atoms with Gasteiger partial charge in [0.1, 0.15) is 23.3 Å². The van der Waals surface area contributed by atoms with Gasteiger partial charge in [0.15, 0.2) is 35.1 Å². The van der Waals surface area contributed by atoms with Crippen molar-refractivity contribution in [3.8, 4) is 47.4 Å². The molecule has 4 aromatic heterocycles. The van der Waals surface area contributed by atoms with Crippen molar-refractivity contribution in [3.63, 3.8) is 0 Å². The van der Waals surface area contributed by atoms with Gasteiger partial charge in [-0.25, -0.2) is 19.9 Å². The molecular weight excluding hydrogens is 1610 g/mol. The van der Waals surface area contributed by atoms with Crippen LogP contribution in [0, 0.1) is 47.4 Å². The van der Waals surface area contributed by atoms with E-state index in [-0.39, 0.29) is 53.9 Å². The van der Waals surface area contributed by atoms with Crippen LogP contribution >= 0.6 is 46.4 Å². The van der Waals surface area contributed by atoms with Gasteiger partial charge in [-0.05, 0) is 141 Å². The number of aliphatic imine (C=N–C) groups is 2. The first-order valence-electron chi connectivity index (χ1n) is 38.7. The van der Waals surface area contributed by atoms with Crippen LogP contribution in [0.3, 0.4) is 0 Å². The number of rotatable bonds is 19. The van der Waals surface area contributed by atoms with Gasteiger partial charge in [-0.3, -0.25) is 43.7 Å². The lowest BCUT2D eigenvalue weighted by atomic mass is 10.0. The number of hydrogen-bond acceptors (Lipinski definition) is 19.